The van der Waals surface area contributed by atoms with Crippen molar-refractivity contribution in [1.29, 1.82) is 0 Å². The number of methoxy groups -OCH3 is 3. The third-order valence-corrected chi connectivity index (χ3v) is 3.99. The second-order valence-electron chi connectivity index (χ2n) is 5.49. The summed E-state index contributed by atoms with van der Waals surface area (Å²) in [4.78, 5) is 0. The maximum Gasteiger partial charge on any atom is 0.203 e. The lowest BCUT2D eigenvalue weighted by molar-refractivity contribution is 0.323. The fraction of sp³-hybridized carbons (Fsp3) is 0.368. The number of hydrogen-bond donors (Lipinski definition) is 1. The van der Waals surface area contributed by atoms with Crippen molar-refractivity contribution in [2.75, 3.05) is 21.3 Å². The van der Waals surface area contributed by atoms with Crippen molar-refractivity contribution in [2.24, 2.45) is 0 Å². The molecule has 1 N–H and O–H groups in total. The maximum atomic E-state index is 5.40. The Morgan fingerprint density at radius 2 is 1.57 bits per heavy atom. The van der Waals surface area contributed by atoms with Crippen LogP contribution in [0.5, 0.6) is 17.2 Å². The molecular formula is C19H25NO3. The summed E-state index contributed by atoms with van der Waals surface area (Å²) in [7, 11) is 4.87. The number of aryl methyl sites for hydroxylation is 1. The minimum atomic E-state index is 0.260. The summed E-state index contributed by atoms with van der Waals surface area (Å²) in [5.41, 5.74) is 3.68. The maximum absolute atomic E-state index is 5.40. The van der Waals surface area contributed by atoms with Crippen LogP contribution in [0.15, 0.2) is 36.4 Å². The summed E-state index contributed by atoms with van der Waals surface area (Å²) >= 11 is 0. The summed E-state index contributed by atoms with van der Waals surface area (Å²) in [6, 6.07) is 12.6. The quantitative estimate of drug-likeness (QED) is 0.842. The van der Waals surface area contributed by atoms with Crippen LogP contribution in [-0.4, -0.2) is 21.3 Å². The Hall–Kier alpha value is -2.20. The van der Waals surface area contributed by atoms with Gasteiger partial charge in [0, 0.05) is 12.6 Å². The minimum absolute atomic E-state index is 0.260. The molecule has 2 aromatic carbocycles. The van der Waals surface area contributed by atoms with E-state index in [4.69, 9.17) is 14.2 Å². The second-order valence-corrected chi connectivity index (χ2v) is 5.49. The summed E-state index contributed by atoms with van der Waals surface area (Å²) in [6.07, 6.45) is 0. The minimum Gasteiger partial charge on any atom is -0.493 e. The molecule has 0 bridgehead atoms. The van der Waals surface area contributed by atoms with E-state index in [9.17, 15) is 0 Å². The number of ether oxygens (including phenoxy) is 3. The number of hydrogen-bond acceptors (Lipinski definition) is 4. The summed E-state index contributed by atoms with van der Waals surface area (Å²) in [5.74, 6) is 1.96. The molecule has 124 valence electrons. The van der Waals surface area contributed by atoms with Gasteiger partial charge in [0.25, 0.3) is 0 Å². The van der Waals surface area contributed by atoms with E-state index in [0.717, 1.165) is 5.56 Å². The van der Waals surface area contributed by atoms with Crippen LogP contribution in [0.25, 0.3) is 0 Å². The Balaban J connectivity index is 2.16. The standard InChI is InChI=1S/C19H25NO3/c1-13-8-6-7-9-16(13)14(2)20-12-15-10-17(21-3)19(23-5)18(11-15)22-4/h6-11,14,20H,12H2,1-5H3. The molecule has 2 rings (SSSR count). The molecule has 0 saturated carbocycles. The van der Waals surface area contributed by atoms with E-state index in [2.05, 4.69) is 43.4 Å². The molecule has 0 aromatic heterocycles. The fourth-order valence-electron chi connectivity index (χ4n) is 2.69. The van der Waals surface area contributed by atoms with Gasteiger partial charge in [0.05, 0.1) is 21.3 Å². The van der Waals surface area contributed by atoms with Crippen molar-refractivity contribution in [2.45, 2.75) is 26.4 Å². The van der Waals surface area contributed by atoms with Gasteiger partial charge < -0.3 is 19.5 Å². The van der Waals surface area contributed by atoms with Crippen molar-refractivity contribution in [3.8, 4) is 17.2 Å². The van der Waals surface area contributed by atoms with E-state index in [0.29, 0.717) is 23.8 Å². The lowest BCUT2D eigenvalue weighted by Gasteiger charge is -2.18. The Bertz CT molecular complexity index is 630. The van der Waals surface area contributed by atoms with Gasteiger partial charge in [-0.15, -0.1) is 0 Å². The first-order valence-electron chi connectivity index (χ1n) is 7.68. The van der Waals surface area contributed by atoms with Crippen molar-refractivity contribution in [3.05, 3.63) is 53.1 Å². The summed E-state index contributed by atoms with van der Waals surface area (Å²) in [6.45, 7) is 5.01. The van der Waals surface area contributed by atoms with Crippen molar-refractivity contribution in [3.63, 3.8) is 0 Å². The zero-order valence-electron chi connectivity index (χ0n) is 14.5. The Morgan fingerprint density at radius 3 is 2.09 bits per heavy atom. The molecule has 4 heteroatoms. The highest BCUT2D eigenvalue weighted by Crippen LogP contribution is 2.38. The van der Waals surface area contributed by atoms with Crippen LogP contribution >= 0.6 is 0 Å². The Kier molecular flexibility index (Phi) is 5.88. The molecule has 0 spiro atoms. The molecule has 1 unspecified atom stereocenters. The average molecular weight is 315 g/mol. The third kappa shape index (κ3) is 3.96. The molecule has 0 fully saturated rings. The van der Waals surface area contributed by atoms with E-state index in [1.165, 1.54) is 11.1 Å². The largest absolute Gasteiger partial charge is 0.493 e. The summed E-state index contributed by atoms with van der Waals surface area (Å²) in [5, 5.41) is 3.54. The van der Waals surface area contributed by atoms with E-state index in [1.54, 1.807) is 21.3 Å². The molecular weight excluding hydrogens is 290 g/mol. The third-order valence-electron chi connectivity index (χ3n) is 3.99. The van der Waals surface area contributed by atoms with Gasteiger partial charge in [-0.05, 0) is 42.7 Å². The lowest BCUT2D eigenvalue weighted by atomic mass is 10.0. The highest BCUT2D eigenvalue weighted by molar-refractivity contribution is 5.53. The second kappa shape index (κ2) is 7.88. The number of benzene rings is 2. The van der Waals surface area contributed by atoms with Crippen LogP contribution in [-0.2, 0) is 6.54 Å². The van der Waals surface area contributed by atoms with Crippen molar-refractivity contribution in [1.82, 2.24) is 5.32 Å². The van der Waals surface area contributed by atoms with E-state index >= 15 is 0 Å². The first-order valence-corrected chi connectivity index (χ1v) is 7.68. The van der Waals surface area contributed by atoms with Gasteiger partial charge in [-0.2, -0.15) is 0 Å². The molecule has 0 amide bonds. The molecule has 0 aliphatic carbocycles. The molecule has 0 radical (unpaired) electrons. The highest BCUT2D eigenvalue weighted by Gasteiger charge is 2.14. The van der Waals surface area contributed by atoms with Gasteiger partial charge in [0.1, 0.15) is 0 Å². The van der Waals surface area contributed by atoms with Crippen molar-refractivity contribution >= 4 is 0 Å². The highest BCUT2D eigenvalue weighted by atomic mass is 16.5. The van der Waals surface area contributed by atoms with Gasteiger partial charge in [-0.25, -0.2) is 0 Å². The molecule has 23 heavy (non-hydrogen) atoms. The molecule has 1 atom stereocenters. The Labute approximate surface area is 138 Å². The first kappa shape index (κ1) is 17.2. The molecule has 2 aromatic rings. The van der Waals surface area contributed by atoms with Crippen LogP contribution in [0.3, 0.4) is 0 Å². The topological polar surface area (TPSA) is 39.7 Å². The molecule has 0 heterocycles. The van der Waals surface area contributed by atoms with Gasteiger partial charge >= 0.3 is 0 Å². The van der Waals surface area contributed by atoms with Crippen LogP contribution in [0.1, 0.15) is 29.7 Å². The van der Waals surface area contributed by atoms with Gasteiger partial charge in [0.15, 0.2) is 11.5 Å². The fourth-order valence-corrected chi connectivity index (χ4v) is 2.69. The molecule has 0 saturated heterocycles. The SMILES string of the molecule is COc1cc(CNC(C)c2ccccc2C)cc(OC)c1OC. The number of rotatable bonds is 7. The molecule has 4 nitrogen and oxygen atoms in total. The summed E-state index contributed by atoms with van der Waals surface area (Å²) < 4.78 is 16.1. The van der Waals surface area contributed by atoms with Crippen LogP contribution in [0.4, 0.5) is 0 Å². The normalized spacial score (nSPS) is 11.9. The van der Waals surface area contributed by atoms with Crippen LogP contribution in [0, 0.1) is 6.92 Å². The predicted octanol–water partition coefficient (Wildman–Crippen LogP) is 3.87. The van der Waals surface area contributed by atoms with E-state index < -0.39 is 0 Å². The van der Waals surface area contributed by atoms with Crippen LogP contribution in [0.2, 0.25) is 0 Å². The first-order chi connectivity index (χ1) is 11.1. The predicted molar refractivity (Wildman–Crippen MR) is 92.5 cm³/mol. The molecule has 0 aliphatic rings. The van der Waals surface area contributed by atoms with E-state index in [-0.39, 0.29) is 6.04 Å². The zero-order valence-corrected chi connectivity index (χ0v) is 14.5. The zero-order chi connectivity index (χ0) is 16.8. The van der Waals surface area contributed by atoms with Gasteiger partial charge in [-0.3, -0.25) is 0 Å². The van der Waals surface area contributed by atoms with Gasteiger partial charge in [0.2, 0.25) is 5.75 Å². The monoisotopic (exact) mass is 315 g/mol. The van der Waals surface area contributed by atoms with Crippen LogP contribution < -0.4 is 19.5 Å². The number of nitrogens with one attached hydrogen (secondary N) is 1. The van der Waals surface area contributed by atoms with Crippen molar-refractivity contribution < 1.29 is 14.2 Å². The van der Waals surface area contributed by atoms with Gasteiger partial charge in [-0.1, -0.05) is 24.3 Å². The molecule has 0 aliphatic heterocycles. The lowest BCUT2D eigenvalue weighted by Crippen LogP contribution is -2.19. The van der Waals surface area contributed by atoms with E-state index in [1.807, 2.05) is 12.1 Å². The smallest absolute Gasteiger partial charge is 0.203 e. The average Bonchev–Trinajstić information content (AvgIpc) is 2.58. The Morgan fingerprint density at radius 1 is 0.957 bits per heavy atom.